The van der Waals surface area contributed by atoms with Gasteiger partial charge < -0.3 is 10.2 Å². The van der Waals surface area contributed by atoms with Gasteiger partial charge in [-0.1, -0.05) is 36.8 Å². The van der Waals surface area contributed by atoms with Gasteiger partial charge in [-0.05, 0) is 31.0 Å². The Hall–Kier alpha value is -3.52. The average molecular weight is 447 g/mol. The van der Waals surface area contributed by atoms with Gasteiger partial charge in [0, 0.05) is 35.7 Å². The Balaban J connectivity index is 1.28. The Labute approximate surface area is 189 Å². The van der Waals surface area contributed by atoms with Crippen molar-refractivity contribution in [2.45, 2.75) is 31.8 Å². The third-order valence-electron chi connectivity index (χ3n) is 5.86. The van der Waals surface area contributed by atoms with Crippen molar-refractivity contribution in [3.05, 3.63) is 76.8 Å². The van der Waals surface area contributed by atoms with Gasteiger partial charge in [0.15, 0.2) is 5.13 Å². The van der Waals surface area contributed by atoms with E-state index in [2.05, 4.69) is 10.3 Å². The largest absolute Gasteiger partial charge is 0.313 e. The van der Waals surface area contributed by atoms with E-state index in [-0.39, 0.29) is 17.7 Å². The van der Waals surface area contributed by atoms with E-state index in [9.17, 15) is 14.4 Å². The number of nitrogens with one attached hydrogen (secondary N) is 1. The second kappa shape index (κ2) is 8.55. The summed E-state index contributed by atoms with van der Waals surface area (Å²) in [5.74, 6) is -0.188. The predicted octanol–water partition coefficient (Wildman–Crippen LogP) is 4.46. The fourth-order valence-electron chi connectivity index (χ4n) is 4.41. The summed E-state index contributed by atoms with van der Waals surface area (Å²) >= 11 is 1.39. The fourth-order valence-corrected chi connectivity index (χ4v) is 4.96. The van der Waals surface area contributed by atoms with Gasteiger partial charge in [0.25, 0.3) is 11.8 Å². The number of amides is 3. The molecule has 3 amide bonds. The summed E-state index contributed by atoms with van der Waals surface area (Å²) in [5, 5.41) is 5.21. The highest BCUT2D eigenvalue weighted by atomic mass is 32.1. The number of anilines is 2. The number of hydrogen-bond donors (Lipinski definition) is 1. The molecule has 162 valence electrons. The van der Waals surface area contributed by atoms with Crippen molar-refractivity contribution < 1.29 is 14.4 Å². The SMILES string of the molecule is O=C(CCCCCN1C(=O)c2ccccc2N2C(=O)c3ccccc3[C@H]12)Nc1nccs1. The lowest BCUT2D eigenvalue weighted by molar-refractivity contribution is -0.116. The third-order valence-corrected chi connectivity index (χ3v) is 6.55. The number of hydrogen-bond acceptors (Lipinski definition) is 5. The summed E-state index contributed by atoms with van der Waals surface area (Å²) in [6.07, 6.45) is 3.92. The molecule has 0 fully saturated rings. The second-order valence-corrected chi connectivity index (χ2v) is 8.74. The molecule has 8 heteroatoms. The van der Waals surface area contributed by atoms with Crippen LogP contribution in [-0.2, 0) is 4.79 Å². The topological polar surface area (TPSA) is 82.6 Å². The van der Waals surface area contributed by atoms with E-state index in [0.717, 1.165) is 24.8 Å². The number of carbonyl (C=O) groups excluding carboxylic acids is 3. The number of carbonyl (C=O) groups is 3. The van der Waals surface area contributed by atoms with Crippen LogP contribution in [0, 0.1) is 0 Å². The molecular weight excluding hydrogens is 424 g/mol. The molecule has 2 aromatic carbocycles. The van der Waals surface area contributed by atoms with Crippen LogP contribution in [0.2, 0.25) is 0 Å². The maximum atomic E-state index is 13.3. The minimum atomic E-state index is -0.422. The van der Waals surface area contributed by atoms with E-state index in [0.29, 0.717) is 34.9 Å². The highest BCUT2D eigenvalue weighted by Crippen LogP contribution is 2.45. The predicted molar refractivity (Wildman–Crippen MR) is 123 cm³/mol. The van der Waals surface area contributed by atoms with Gasteiger partial charge in [-0.3, -0.25) is 19.3 Å². The lowest BCUT2D eigenvalue weighted by Gasteiger charge is -2.41. The number of aromatic nitrogens is 1. The first-order chi connectivity index (χ1) is 15.6. The number of thiazole rings is 1. The van der Waals surface area contributed by atoms with Crippen molar-refractivity contribution in [3.8, 4) is 0 Å². The Morgan fingerprint density at radius 3 is 2.56 bits per heavy atom. The molecule has 7 nitrogen and oxygen atoms in total. The van der Waals surface area contributed by atoms with Gasteiger partial charge >= 0.3 is 0 Å². The monoisotopic (exact) mass is 446 g/mol. The van der Waals surface area contributed by atoms with Crippen LogP contribution < -0.4 is 10.2 Å². The molecule has 0 saturated heterocycles. The van der Waals surface area contributed by atoms with Crippen LogP contribution in [0.1, 0.15) is 58.1 Å². The molecule has 0 aliphatic carbocycles. The molecule has 0 spiro atoms. The van der Waals surface area contributed by atoms with E-state index in [4.69, 9.17) is 0 Å². The molecule has 3 aromatic rings. The zero-order valence-corrected chi connectivity index (χ0v) is 18.2. The number of nitrogens with zero attached hydrogens (tertiary/aromatic N) is 3. The van der Waals surface area contributed by atoms with Crippen LogP contribution in [0.5, 0.6) is 0 Å². The summed E-state index contributed by atoms with van der Waals surface area (Å²) in [6, 6.07) is 14.8. The van der Waals surface area contributed by atoms with Crippen LogP contribution in [-0.4, -0.2) is 34.2 Å². The maximum Gasteiger partial charge on any atom is 0.260 e. The van der Waals surface area contributed by atoms with E-state index in [1.165, 1.54) is 11.3 Å². The van der Waals surface area contributed by atoms with Gasteiger partial charge in [0.2, 0.25) is 5.91 Å². The zero-order valence-electron chi connectivity index (χ0n) is 17.4. The molecule has 0 radical (unpaired) electrons. The van der Waals surface area contributed by atoms with Gasteiger partial charge in [-0.2, -0.15) is 0 Å². The quantitative estimate of drug-likeness (QED) is 0.544. The van der Waals surface area contributed by atoms with Crippen LogP contribution in [0.3, 0.4) is 0 Å². The number of benzene rings is 2. The van der Waals surface area contributed by atoms with Crippen molar-refractivity contribution in [2.24, 2.45) is 0 Å². The average Bonchev–Trinajstić information content (AvgIpc) is 3.42. The first-order valence-corrected chi connectivity index (χ1v) is 11.5. The number of para-hydroxylation sites is 1. The normalized spacial score (nSPS) is 16.6. The summed E-state index contributed by atoms with van der Waals surface area (Å²) < 4.78 is 0. The van der Waals surface area contributed by atoms with E-state index < -0.39 is 6.17 Å². The Morgan fingerprint density at radius 1 is 0.969 bits per heavy atom. The molecule has 3 heterocycles. The van der Waals surface area contributed by atoms with Gasteiger partial charge in [-0.15, -0.1) is 11.3 Å². The molecule has 5 rings (SSSR count). The van der Waals surface area contributed by atoms with E-state index in [1.807, 2.05) is 47.8 Å². The molecule has 0 saturated carbocycles. The number of rotatable bonds is 7. The second-order valence-electron chi connectivity index (χ2n) is 7.85. The number of unbranched alkanes of at least 4 members (excludes halogenated alkanes) is 2. The van der Waals surface area contributed by atoms with Crippen molar-refractivity contribution in [1.29, 1.82) is 0 Å². The summed E-state index contributed by atoms with van der Waals surface area (Å²) in [4.78, 5) is 46.1. The van der Waals surface area contributed by atoms with Crippen LogP contribution in [0.15, 0.2) is 60.1 Å². The summed E-state index contributed by atoms with van der Waals surface area (Å²) in [7, 11) is 0. The van der Waals surface area contributed by atoms with Crippen LogP contribution >= 0.6 is 11.3 Å². The summed E-state index contributed by atoms with van der Waals surface area (Å²) in [5.41, 5.74) is 2.72. The lowest BCUT2D eigenvalue weighted by Crippen LogP contribution is -2.48. The Kier molecular flexibility index (Phi) is 5.45. The molecule has 2 aliphatic rings. The smallest absolute Gasteiger partial charge is 0.260 e. The maximum absolute atomic E-state index is 13.3. The minimum Gasteiger partial charge on any atom is -0.313 e. The molecule has 0 unspecified atom stereocenters. The highest BCUT2D eigenvalue weighted by Gasteiger charge is 2.47. The van der Waals surface area contributed by atoms with Gasteiger partial charge in [0.05, 0.1) is 11.3 Å². The Bertz CT molecular complexity index is 1180. The minimum absolute atomic E-state index is 0.0515. The molecule has 32 heavy (non-hydrogen) atoms. The molecule has 0 bridgehead atoms. The molecule has 1 aromatic heterocycles. The molecule has 1 atom stereocenters. The molecule has 2 aliphatic heterocycles. The number of fused-ring (bicyclic) bond motifs is 5. The highest BCUT2D eigenvalue weighted by molar-refractivity contribution is 7.13. The summed E-state index contributed by atoms with van der Waals surface area (Å²) in [6.45, 7) is 0.518. The van der Waals surface area contributed by atoms with Gasteiger partial charge in [-0.25, -0.2) is 4.98 Å². The molecular formula is C24H22N4O3S. The lowest BCUT2D eigenvalue weighted by atomic mass is 10.0. The van der Waals surface area contributed by atoms with E-state index >= 15 is 0 Å². The fraction of sp³-hybridized carbons (Fsp3) is 0.250. The van der Waals surface area contributed by atoms with E-state index in [1.54, 1.807) is 22.1 Å². The van der Waals surface area contributed by atoms with Crippen LogP contribution in [0.25, 0.3) is 0 Å². The van der Waals surface area contributed by atoms with Crippen molar-refractivity contribution in [1.82, 2.24) is 9.88 Å². The zero-order chi connectivity index (χ0) is 22.1. The van der Waals surface area contributed by atoms with Crippen molar-refractivity contribution in [2.75, 3.05) is 16.8 Å². The Morgan fingerprint density at radius 2 is 1.75 bits per heavy atom. The molecule has 1 N–H and O–H groups in total. The first-order valence-electron chi connectivity index (χ1n) is 10.7. The first kappa shape index (κ1) is 20.4. The van der Waals surface area contributed by atoms with Gasteiger partial charge in [0.1, 0.15) is 6.17 Å². The third kappa shape index (κ3) is 3.56. The van der Waals surface area contributed by atoms with Crippen molar-refractivity contribution >= 4 is 39.9 Å². The van der Waals surface area contributed by atoms with Crippen molar-refractivity contribution in [3.63, 3.8) is 0 Å². The van der Waals surface area contributed by atoms with Crippen LogP contribution in [0.4, 0.5) is 10.8 Å². The standard InChI is InChI=1S/C24H22N4O3S/c29-20(26-24-25-13-15-32-24)12-2-1-7-14-27-21-16-8-3-4-9-17(16)23(31)28(21)19-11-6-5-10-18(19)22(27)30/h3-6,8-11,13,15,21H,1-2,7,12,14H2,(H,25,26,29)/t21-/m1/s1.